The number of nitrogens with zero attached hydrogens (tertiary/aromatic N) is 1. The number of carbonyl (C=O) groups excluding carboxylic acids is 1. The number of oxime groups is 1. The van der Waals surface area contributed by atoms with E-state index in [1.165, 1.54) is 12.1 Å². The number of alkyl halides is 3. The van der Waals surface area contributed by atoms with E-state index in [2.05, 4.69) is 10.5 Å². The van der Waals surface area contributed by atoms with Crippen LogP contribution in [0.4, 0.5) is 23.7 Å². The number of hydrogen-bond acceptors (Lipinski definition) is 4. The van der Waals surface area contributed by atoms with Gasteiger partial charge < -0.3 is 9.57 Å². The van der Waals surface area contributed by atoms with E-state index >= 15 is 0 Å². The lowest BCUT2D eigenvalue weighted by Crippen LogP contribution is -2.42. The lowest BCUT2D eigenvalue weighted by Gasteiger charge is -2.29. The number of hydrogen-bond donors (Lipinski definition) is 1. The third-order valence-corrected chi connectivity index (χ3v) is 5.71. The molecule has 1 heterocycles. The maximum Gasteiger partial charge on any atom is 0.435 e. The summed E-state index contributed by atoms with van der Waals surface area (Å²) in [5.41, 5.74) is -1.57. The zero-order valence-electron chi connectivity index (χ0n) is 17.6. The number of para-hydroxylation sites is 1. The van der Waals surface area contributed by atoms with Crippen molar-refractivity contribution in [2.45, 2.75) is 25.1 Å². The lowest BCUT2D eigenvalue weighted by molar-refractivity contribution is -0.275. The summed E-state index contributed by atoms with van der Waals surface area (Å²) in [7, 11) is 0. The van der Waals surface area contributed by atoms with E-state index in [-0.39, 0.29) is 21.3 Å². The van der Waals surface area contributed by atoms with Crippen molar-refractivity contribution < 1.29 is 27.5 Å². The second-order valence-electron chi connectivity index (χ2n) is 7.65. The quantitative estimate of drug-likeness (QED) is 0.396. The summed E-state index contributed by atoms with van der Waals surface area (Å²) in [6.07, 6.45) is -6.16. The molecule has 1 aliphatic rings. The zero-order chi connectivity index (χ0) is 24.5. The molecule has 3 aromatic carbocycles. The van der Waals surface area contributed by atoms with Crippen LogP contribution >= 0.6 is 23.2 Å². The van der Waals surface area contributed by atoms with Crippen LogP contribution in [0, 0.1) is 6.92 Å². The molecule has 1 amide bonds. The van der Waals surface area contributed by atoms with Gasteiger partial charge in [0.25, 0.3) is 5.60 Å². The highest BCUT2D eigenvalue weighted by molar-refractivity contribution is 6.34. The largest absolute Gasteiger partial charge is 0.435 e. The summed E-state index contributed by atoms with van der Waals surface area (Å²) in [5.74, 6) is 0.345. The molecule has 0 bridgehead atoms. The predicted octanol–water partition coefficient (Wildman–Crippen LogP) is 7.49. The molecule has 1 aliphatic heterocycles. The van der Waals surface area contributed by atoms with Gasteiger partial charge in [-0.15, -0.1) is 0 Å². The molecule has 0 saturated heterocycles. The number of aryl methyl sites for hydroxylation is 1. The summed E-state index contributed by atoms with van der Waals surface area (Å²) >= 11 is 11.9. The predicted molar refractivity (Wildman–Crippen MR) is 124 cm³/mol. The average Bonchev–Trinajstić information content (AvgIpc) is 3.22. The number of carbonyl (C=O) groups is 1. The highest BCUT2D eigenvalue weighted by atomic mass is 35.5. The third kappa shape index (κ3) is 4.83. The Morgan fingerprint density at radius 3 is 2.38 bits per heavy atom. The highest BCUT2D eigenvalue weighted by Crippen LogP contribution is 2.49. The van der Waals surface area contributed by atoms with E-state index in [0.717, 1.165) is 12.1 Å². The van der Waals surface area contributed by atoms with Gasteiger partial charge in [0, 0.05) is 33.3 Å². The van der Waals surface area contributed by atoms with E-state index in [1.807, 2.05) is 0 Å². The Balaban J connectivity index is 1.60. The van der Waals surface area contributed by atoms with Crippen LogP contribution in [0.1, 0.15) is 23.1 Å². The van der Waals surface area contributed by atoms with Gasteiger partial charge in [-0.2, -0.15) is 13.2 Å². The van der Waals surface area contributed by atoms with Crippen molar-refractivity contribution in [3.05, 3.63) is 93.5 Å². The van der Waals surface area contributed by atoms with Crippen molar-refractivity contribution in [1.82, 2.24) is 0 Å². The molecule has 0 spiro atoms. The first kappa shape index (κ1) is 23.9. The fourth-order valence-electron chi connectivity index (χ4n) is 3.51. The van der Waals surface area contributed by atoms with Crippen molar-refractivity contribution >= 4 is 40.7 Å². The second kappa shape index (κ2) is 9.19. The third-order valence-electron chi connectivity index (χ3n) is 5.28. The van der Waals surface area contributed by atoms with Crippen molar-refractivity contribution in [3.63, 3.8) is 0 Å². The molecule has 0 saturated carbocycles. The molecule has 0 radical (unpaired) electrons. The Hall–Kier alpha value is -3.23. The smallest absolute Gasteiger partial charge is 0.410 e. The molecule has 0 fully saturated rings. The molecule has 5 nitrogen and oxygen atoms in total. The van der Waals surface area contributed by atoms with Gasteiger partial charge in [0.2, 0.25) is 0 Å². The van der Waals surface area contributed by atoms with Crippen molar-refractivity contribution in [2.24, 2.45) is 5.16 Å². The van der Waals surface area contributed by atoms with E-state index < -0.39 is 24.3 Å². The molecule has 1 unspecified atom stereocenters. The molecule has 0 aliphatic carbocycles. The van der Waals surface area contributed by atoms with Crippen LogP contribution in [0.25, 0.3) is 0 Å². The second-order valence-corrected chi connectivity index (χ2v) is 8.52. The number of ether oxygens (including phenoxy) is 1. The number of benzene rings is 3. The maximum atomic E-state index is 14.2. The molecule has 1 atom stereocenters. The van der Waals surface area contributed by atoms with Gasteiger partial charge in [0.05, 0.1) is 5.71 Å². The minimum Gasteiger partial charge on any atom is -0.410 e. The highest BCUT2D eigenvalue weighted by Gasteiger charge is 2.62. The topological polar surface area (TPSA) is 59.9 Å². The molecular weight excluding hydrogens is 492 g/mol. The number of amides is 1. The van der Waals surface area contributed by atoms with Crippen LogP contribution in [0.2, 0.25) is 10.0 Å². The van der Waals surface area contributed by atoms with E-state index in [1.54, 1.807) is 49.4 Å². The fourth-order valence-corrected chi connectivity index (χ4v) is 4.04. The maximum absolute atomic E-state index is 14.2. The van der Waals surface area contributed by atoms with Crippen LogP contribution in [-0.4, -0.2) is 18.0 Å². The molecule has 176 valence electrons. The normalized spacial score (nSPS) is 17.6. The molecule has 4 rings (SSSR count). The van der Waals surface area contributed by atoms with Crippen molar-refractivity contribution in [2.75, 3.05) is 5.32 Å². The van der Waals surface area contributed by atoms with Crippen LogP contribution in [0.3, 0.4) is 0 Å². The number of rotatable bonds is 4. The Morgan fingerprint density at radius 1 is 1.06 bits per heavy atom. The van der Waals surface area contributed by atoms with Gasteiger partial charge in [-0.3, -0.25) is 5.32 Å². The Kier molecular flexibility index (Phi) is 6.47. The Morgan fingerprint density at radius 2 is 1.74 bits per heavy atom. The summed E-state index contributed by atoms with van der Waals surface area (Å²) in [4.78, 5) is 17.3. The van der Waals surface area contributed by atoms with Gasteiger partial charge >= 0.3 is 12.3 Å². The zero-order valence-corrected chi connectivity index (χ0v) is 19.1. The summed E-state index contributed by atoms with van der Waals surface area (Å²) in [5, 5.41) is 6.44. The SMILES string of the molecule is Cc1ccc(C2=NOC(c3cc(Cl)cc(Cl)c3)(C(F)(F)F)C2)cc1NC(=O)Oc1ccccc1. The molecule has 1 N–H and O–H groups in total. The summed E-state index contributed by atoms with van der Waals surface area (Å²) in [6.45, 7) is 1.74. The first-order chi connectivity index (χ1) is 16.1. The van der Waals surface area contributed by atoms with Gasteiger partial charge in [0.1, 0.15) is 5.75 Å². The van der Waals surface area contributed by atoms with E-state index in [9.17, 15) is 18.0 Å². The summed E-state index contributed by atoms with van der Waals surface area (Å²) in [6, 6.07) is 16.9. The van der Waals surface area contributed by atoms with Gasteiger partial charge in [0.15, 0.2) is 0 Å². The number of halogens is 5. The summed E-state index contributed by atoms with van der Waals surface area (Å²) < 4.78 is 47.9. The van der Waals surface area contributed by atoms with Crippen molar-refractivity contribution in [3.8, 4) is 5.75 Å². The van der Waals surface area contributed by atoms with E-state index in [0.29, 0.717) is 22.6 Å². The first-order valence-corrected chi connectivity index (χ1v) is 10.8. The Labute approximate surface area is 203 Å². The molecule has 10 heteroatoms. The van der Waals surface area contributed by atoms with E-state index in [4.69, 9.17) is 32.8 Å². The average molecular weight is 509 g/mol. The standard InChI is InChI=1S/C24H17Cl2F3N2O3/c1-14-7-8-15(9-20(14)30-22(32)33-19-5-3-2-4-6-19)21-13-23(34-31-21,24(27,28)29)16-10-17(25)12-18(26)11-16/h2-12H,13H2,1H3,(H,30,32). The molecular formula is C24H17Cl2F3N2O3. The van der Waals surface area contributed by atoms with Crippen molar-refractivity contribution in [1.29, 1.82) is 0 Å². The lowest BCUT2D eigenvalue weighted by atomic mass is 9.86. The minimum atomic E-state index is -4.81. The molecule has 0 aromatic heterocycles. The Bertz CT molecular complexity index is 1250. The molecule has 34 heavy (non-hydrogen) atoms. The van der Waals surface area contributed by atoms with Crippen LogP contribution in [0.5, 0.6) is 5.75 Å². The van der Waals surface area contributed by atoms with Crippen LogP contribution in [-0.2, 0) is 10.4 Å². The van der Waals surface area contributed by atoms with Gasteiger partial charge in [-0.05, 0) is 48.9 Å². The van der Waals surface area contributed by atoms with Gasteiger partial charge in [-0.1, -0.05) is 58.7 Å². The minimum absolute atomic E-state index is 0.0434. The number of anilines is 1. The van der Waals surface area contributed by atoms with Crippen LogP contribution in [0.15, 0.2) is 71.9 Å². The fraction of sp³-hybridized carbons (Fsp3) is 0.167. The molecule has 3 aromatic rings. The van der Waals surface area contributed by atoms with Crippen LogP contribution < -0.4 is 10.1 Å². The monoisotopic (exact) mass is 508 g/mol. The first-order valence-electron chi connectivity index (χ1n) is 10.0. The van der Waals surface area contributed by atoms with Gasteiger partial charge in [-0.25, -0.2) is 4.79 Å². The number of nitrogens with one attached hydrogen (secondary N) is 1.